The number of nitrogens with zero attached hydrogens (tertiary/aromatic N) is 5. The summed E-state index contributed by atoms with van der Waals surface area (Å²) in [5, 5.41) is 6.32. The molecule has 11 heteroatoms. The largest absolute Gasteiger partial charge is 0.471 e. The van der Waals surface area contributed by atoms with E-state index in [2.05, 4.69) is 41.9 Å². The smallest absolute Gasteiger partial charge is 0.352 e. The van der Waals surface area contributed by atoms with Gasteiger partial charge in [-0.05, 0) is 57.1 Å². The van der Waals surface area contributed by atoms with Crippen LogP contribution in [0.25, 0.3) is 22.8 Å². The molecule has 3 aromatic rings. The van der Waals surface area contributed by atoms with Crippen LogP contribution in [0.3, 0.4) is 0 Å². The Labute approximate surface area is 181 Å². The topological polar surface area (TPSA) is 97.0 Å². The summed E-state index contributed by atoms with van der Waals surface area (Å²) in [6.45, 7) is 2.37. The fourth-order valence-corrected chi connectivity index (χ4v) is 3.52. The number of halogens is 3. The maximum absolute atomic E-state index is 13.0. The quantitative estimate of drug-likeness (QED) is 0.642. The zero-order chi connectivity index (χ0) is 22.7. The maximum atomic E-state index is 13.0. The standard InChI is InChI=1S/C21H21F3N6O2/c1-30-8-5-13(6-9-30)11-27-19(31)15-12-26-17(16-4-2-3-7-25-16)10-14(15)18-28-20(32-29-18)21(22,23)24/h2-4,7,10,12-13H,5-6,8-9,11H2,1H3,(H,27,31). The lowest BCUT2D eigenvalue weighted by atomic mass is 9.97. The first kappa shape index (κ1) is 21.9. The molecule has 0 radical (unpaired) electrons. The molecule has 1 aliphatic heterocycles. The number of rotatable bonds is 5. The normalized spacial score (nSPS) is 15.6. The van der Waals surface area contributed by atoms with Gasteiger partial charge in [-0.3, -0.25) is 14.8 Å². The highest BCUT2D eigenvalue weighted by Crippen LogP contribution is 2.31. The molecule has 0 spiro atoms. The second kappa shape index (κ2) is 9.03. The van der Waals surface area contributed by atoms with Crippen molar-refractivity contribution in [1.29, 1.82) is 0 Å². The van der Waals surface area contributed by atoms with E-state index in [9.17, 15) is 18.0 Å². The van der Waals surface area contributed by atoms with Gasteiger partial charge in [0.15, 0.2) is 0 Å². The first-order chi connectivity index (χ1) is 15.3. The summed E-state index contributed by atoms with van der Waals surface area (Å²) in [6.07, 6.45) is -0.0127. The summed E-state index contributed by atoms with van der Waals surface area (Å²) in [5.41, 5.74) is 1.00. The van der Waals surface area contributed by atoms with E-state index in [-0.39, 0.29) is 17.0 Å². The molecule has 0 aromatic carbocycles. The van der Waals surface area contributed by atoms with Gasteiger partial charge in [-0.2, -0.15) is 18.2 Å². The highest BCUT2D eigenvalue weighted by molar-refractivity contribution is 6.00. The third-order valence-corrected chi connectivity index (χ3v) is 5.37. The van der Waals surface area contributed by atoms with E-state index >= 15 is 0 Å². The van der Waals surface area contributed by atoms with E-state index in [1.165, 1.54) is 12.3 Å². The number of pyridine rings is 2. The molecule has 168 valence electrons. The zero-order valence-electron chi connectivity index (χ0n) is 17.3. The van der Waals surface area contributed by atoms with Gasteiger partial charge in [-0.1, -0.05) is 11.2 Å². The van der Waals surface area contributed by atoms with Crippen LogP contribution in [0.2, 0.25) is 0 Å². The highest BCUT2D eigenvalue weighted by atomic mass is 19.4. The molecule has 1 fully saturated rings. The number of piperidine rings is 1. The van der Waals surface area contributed by atoms with Crippen LogP contribution in [0.4, 0.5) is 13.2 Å². The van der Waals surface area contributed by atoms with Gasteiger partial charge in [0.05, 0.1) is 17.0 Å². The first-order valence-corrected chi connectivity index (χ1v) is 10.1. The average molecular weight is 446 g/mol. The first-order valence-electron chi connectivity index (χ1n) is 10.1. The van der Waals surface area contributed by atoms with Gasteiger partial charge < -0.3 is 14.7 Å². The summed E-state index contributed by atoms with van der Waals surface area (Å²) in [5.74, 6) is -1.96. The van der Waals surface area contributed by atoms with Crippen LogP contribution >= 0.6 is 0 Å². The Hall–Kier alpha value is -3.34. The average Bonchev–Trinajstić information content (AvgIpc) is 3.30. The molecule has 1 amide bonds. The molecule has 32 heavy (non-hydrogen) atoms. The van der Waals surface area contributed by atoms with Crippen LogP contribution in [0, 0.1) is 5.92 Å². The third kappa shape index (κ3) is 4.93. The third-order valence-electron chi connectivity index (χ3n) is 5.37. The Kier molecular flexibility index (Phi) is 6.17. The van der Waals surface area contributed by atoms with Crippen LogP contribution in [-0.4, -0.2) is 57.6 Å². The van der Waals surface area contributed by atoms with Gasteiger partial charge in [0.1, 0.15) is 0 Å². The molecule has 3 aromatic heterocycles. The Bertz CT molecular complexity index is 1080. The van der Waals surface area contributed by atoms with Crippen LogP contribution in [0.5, 0.6) is 0 Å². The monoisotopic (exact) mass is 446 g/mol. The van der Waals surface area contributed by atoms with E-state index in [1.54, 1.807) is 24.4 Å². The maximum Gasteiger partial charge on any atom is 0.471 e. The van der Waals surface area contributed by atoms with Crippen molar-refractivity contribution in [2.45, 2.75) is 19.0 Å². The molecule has 0 atom stereocenters. The SMILES string of the molecule is CN1CCC(CNC(=O)c2cnc(-c3ccccn3)cc2-c2noc(C(F)(F)F)n2)CC1. The Morgan fingerprint density at radius 3 is 2.66 bits per heavy atom. The van der Waals surface area contributed by atoms with Gasteiger partial charge >= 0.3 is 12.1 Å². The van der Waals surface area contributed by atoms with Crippen molar-refractivity contribution in [3.8, 4) is 22.8 Å². The number of carbonyl (C=O) groups is 1. The summed E-state index contributed by atoms with van der Waals surface area (Å²) in [6, 6.07) is 6.62. The minimum absolute atomic E-state index is 0.0622. The summed E-state index contributed by atoms with van der Waals surface area (Å²) >= 11 is 0. The molecule has 4 heterocycles. The lowest BCUT2D eigenvalue weighted by Crippen LogP contribution is -2.37. The lowest BCUT2D eigenvalue weighted by molar-refractivity contribution is -0.159. The van der Waals surface area contributed by atoms with Gasteiger partial charge in [0.2, 0.25) is 5.82 Å². The van der Waals surface area contributed by atoms with Crippen LogP contribution in [0.1, 0.15) is 29.1 Å². The molecule has 8 nitrogen and oxygen atoms in total. The second-order valence-electron chi connectivity index (χ2n) is 7.71. The summed E-state index contributed by atoms with van der Waals surface area (Å²) in [4.78, 5) is 27.1. The number of alkyl halides is 3. The van der Waals surface area contributed by atoms with Crippen molar-refractivity contribution in [2.24, 2.45) is 5.92 Å². The number of carbonyl (C=O) groups excluding carboxylic acids is 1. The minimum atomic E-state index is -4.79. The molecule has 1 saturated heterocycles. The molecular weight excluding hydrogens is 425 g/mol. The Morgan fingerprint density at radius 1 is 1.22 bits per heavy atom. The van der Waals surface area contributed by atoms with E-state index in [4.69, 9.17) is 0 Å². The zero-order valence-corrected chi connectivity index (χ0v) is 17.3. The van der Waals surface area contributed by atoms with E-state index in [1.807, 2.05) is 0 Å². The number of aromatic nitrogens is 4. The second-order valence-corrected chi connectivity index (χ2v) is 7.71. The Morgan fingerprint density at radius 2 is 2.00 bits per heavy atom. The molecule has 0 bridgehead atoms. The van der Waals surface area contributed by atoms with Crippen molar-refractivity contribution in [3.05, 3.63) is 48.1 Å². The van der Waals surface area contributed by atoms with Crippen LogP contribution in [0.15, 0.2) is 41.2 Å². The van der Waals surface area contributed by atoms with Crippen molar-refractivity contribution < 1.29 is 22.5 Å². The van der Waals surface area contributed by atoms with Gasteiger partial charge in [-0.15, -0.1) is 0 Å². The number of likely N-dealkylation sites (tertiary alicyclic amines) is 1. The fraction of sp³-hybridized carbons (Fsp3) is 0.381. The molecule has 0 saturated carbocycles. The van der Waals surface area contributed by atoms with Crippen molar-refractivity contribution in [1.82, 2.24) is 30.3 Å². The molecule has 4 rings (SSSR count). The van der Waals surface area contributed by atoms with E-state index in [0.29, 0.717) is 23.9 Å². The van der Waals surface area contributed by atoms with Crippen molar-refractivity contribution in [3.63, 3.8) is 0 Å². The molecule has 0 aliphatic carbocycles. The van der Waals surface area contributed by atoms with Gasteiger partial charge in [0.25, 0.3) is 5.91 Å². The summed E-state index contributed by atoms with van der Waals surface area (Å²) < 4.78 is 43.3. The number of amides is 1. The molecular formula is C21H21F3N6O2. The predicted octanol–water partition coefficient (Wildman–Crippen LogP) is 3.28. The number of nitrogens with one attached hydrogen (secondary N) is 1. The predicted molar refractivity (Wildman–Crippen MR) is 108 cm³/mol. The van der Waals surface area contributed by atoms with Crippen LogP contribution in [-0.2, 0) is 6.18 Å². The van der Waals surface area contributed by atoms with E-state index < -0.39 is 18.0 Å². The van der Waals surface area contributed by atoms with Gasteiger partial charge in [-0.25, -0.2) is 0 Å². The highest BCUT2D eigenvalue weighted by Gasteiger charge is 2.39. The molecule has 1 aliphatic rings. The summed E-state index contributed by atoms with van der Waals surface area (Å²) in [7, 11) is 2.05. The molecule has 1 N–H and O–H groups in total. The minimum Gasteiger partial charge on any atom is -0.352 e. The van der Waals surface area contributed by atoms with Gasteiger partial charge in [0, 0.05) is 24.5 Å². The van der Waals surface area contributed by atoms with E-state index in [0.717, 1.165) is 25.9 Å². The molecule has 0 unspecified atom stereocenters. The number of hydrogen-bond acceptors (Lipinski definition) is 7. The van der Waals surface area contributed by atoms with Crippen LogP contribution < -0.4 is 5.32 Å². The Balaban J connectivity index is 1.63. The van der Waals surface area contributed by atoms with Crippen molar-refractivity contribution in [2.75, 3.05) is 26.7 Å². The van der Waals surface area contributed by atoms with Crippen molar-refractivity contribution >= 4 is 5.91 Å². The fourth-order valence-electron chi connectivity index (χ4n) is 3.52. The lowest BCUT2D eigenvalue weighted by Gasteiger charge is -2.29. The number of hydrogen-bond donors (Lipinski definition) is 1.